The van der Waals surface area contributed by atoms with E-state index in [1.807, 2.05) is 0 Å². The van der Waals surface area contributed by atoms with Gasteiger partial charge < -0.3 is 15.4 Å². The van der Waals surface area contributed by atoms with E-state index in [0.717, 1.165) is 15.6 Å². The number of nitrogens with zero attached hydrogens (tertiary/aromatic N) is 2. The molecule has 2 amide bonds. The lowest BCUT2D eigenvalue weighted by Crippen LogP contribution is -2.29. The van der Waals surface area contributed by atoms with E-state index in [-0.39, 0.29) is 55.9 Å². The summed E-state index contributed by atoms with van der Waals surface area (Å²) in [7, 11) is -0.848. The van der Waals surface area contributed by atoms with E-state index in [0.29, 0.717) is 10.6 Å². The standard InChI is InChI=1S/C22H20Cl4N4O5S2/c1-30(37(33,34)8-7-23)10-12-11-36-20(17(12)26)22(32)29-18-14(4-5-15(25)19(18)35-2)21(31)28-16-6-3-13(24)9-27-16/h3-6,9,11H,7-8,10H2,1-2H3,(H,29,32)(H,27,28,31). The molecule has 2 heterocycles. The largest absolute Gasteiger partial charge is 0.493 e. The second-order valence-electron chi connectivity index (χ2n) is 7.44. The molecule has 0 unspecified atom stereocenters. The van der Waals surface area contributed by atoms with Crippen LogP contribution in [0, 0.1) is 0 Å². The van der Waals surface area contributed by atoms with Gasteiger partial charge in [-0.05, 0) is 35.2 Å². The Kier molecular flexibility index (Phi) is 10.0. The van der Waals surface area contributed by atoms with Gasteiger partial charge in [0.25, 0.3) is 11.8 Å². The van der Waals surface area contributed by atoms with E-state index < -0.39 is 21.8 Å². The van der Waals surface area contributed by atoms with Gasteiger partial charge in [-0.15, -0.1) is 22.9 Å². The van der Waals surface area contributed by atoms with Crippen molar-refractivity contribution >= 4 is 91.1 Å². The molecule has 2 N–H and O–H groups in total. The maximum Gasteiger partial charge on any atom is 0.267 e. The zero-order valence-corrected chi connectivity index (χ0v) is 24.0. The second-order valence-corrected chi connectivity index (χ2v) is 12.1. The van der Waals surface area contributed by atoms with E-state index in [9.17, 15) is 18.0 Å². The minimum atomic E-state index is -3.58. The number of carbonyl (C=O) groups excluding carboxylic acids is 2. The quantitative estimate of drug-likeness (QED) is 0.283. The molecule has 0 aliphatic heterocycles. The number of ether oxygens (including phenoxy) is 1. The molecule has 0 bridgehead atoms. The molecule has 0 atom stereocenters. The van der Waals surface area contributed by atoms with Gasteiger partial charge in [0.15, 0.2) is 5.75 Å². The number of rotatable bonds is 10. The number of pyridine rings is 1. The van der Waals surface area contributed by atoms with Crippen molar-refractivity contribution in [3.05, 3.63) is 66.9 Å². The number of carbonyl (C=O) groups is 2. The number of nitrogens with one attached hydrogen (secondary N) is 2. The van der Waals surface area contributed by atoms with Gasteiger partial charge >= 0.3 is 0 Å². The van der Waals surface area contributed by atoms with Crippen LogP contribution in [0.2, 0.25) is 15.1 Å². The first-order valence-corrected chi connectivity index (χ1v) is 14.5. The van der Waals surface area contributed by atoms with Crippen LogP contribution >= 0.6 is 57.7 Å². The zero-order valence-electron chi connectivity index (χ0n) is 19.3. The normalized spacial score (nSPS) is 11.4. The topological polar surface area (TPSA) is 118 Å². The van der Waals surface area contributed by atoms with Crippen molar-refractivity contribution in [1.29, 1.82) is 0 Å². The first kappa shape index (κ1) is 29.4. The lowest BCUT2D eigenvalue weighted by molar-refractivity contribution is 0.102. The highest BCUT2D eigenvalue weighted by molar-refractivity contribution is 7.89. The molecule has 9 nitrogen and oxygen atoms in total. The Morgan fingerprint density at radius 1 is 1.11 bits per heavy atom. The highest BCUT2D eigenvalue weighted by Gasteiger charge is 2.25. The van der Waals surface area contributed by atoms with E-state index in [1.165, 1.54) is 38.6 Å². The molecule has 3 rings (SSSR count). The molecule has 198 valence electrons. The highest BCUT2D eigenvalue weighted by atomic mass is 35.5. The number of sulfonamides is 1. The summed E-state index contributed by atoms with van der Waals surface area (Å²) in [6.07, 6.45) is 1.37. The Morgan fingerprint density at radius 2 is 1.84 bits per heavy atom. The molecular weight excluding hydrogens is 606 g/mol. The molecule has 15 heteroatoms. The van der Waals surface area contributed by atoms with Crippen LogP contribution in [-0.2, 0) is 16.6 Å². The van der Waals surface area contributed by atoms with Crippen molar-refractivity contribution in [1.82, 2.24) is 9.29 Å². The molecule has 0 aliphatic rings. The zero-order chi connectivity index (χ0) is 27.3. The molecule has 37 heavy (non-hydrogen) atoms. The number of alkyl halides is 1. The van der Waals surface area contributed by atoms with E-state index in [1.54, 1.807) is 11.4 Å². The molecular formula is C22H20Cl4N4O5S2. The Morgan fingerprint density at radius 3 is 2.46 bits per heavy atom. The average molecular weight is 626 g/mol. The fourth-order valence-corrected chi connectivity index (χ4v) is 6.12. The third kappa shape index (κ3) is 7.05. The van der Waals surface area contributed by atoms with E-state index >= 15 is 0 Å². The Hall–Kier alpha value is -2.12. The molecule has 3 aromatic rings. The molecule has 0 saturated carbocycles. The summed E-state index contributed by atoms with van der Waals surface area (Å²) in [5, 5.41) is 7.48. The van der Waals surface area contributed by atoms with E-state index in [4.69, 9.17) is 51.1 Å². The summed E-state index contributed by atoms with van der Waals surface area (Å²) in [6.45, 7) is -0.0515. The molecule has 0 radical (unpaired) electrons. The first-order chi connectivity index (χ1) is 17.5. The number of hydrogen-bond acceptors (Lipinski definition) is 7. The van der Waals surface area contributed by atoms with Gasteiger partial charge in [0, 0.05) is 25.7 Å². The van der Waals surface area contributed by atoms with E-state index in [2.05, 4.69) is 15.6 Å². The molecule has 1 aromatic carbocycles. The number of anilines is 2. The summed E-state index contributed by atoms with van der Waals surface area (Å²) >= 11 is 25.1. The monoisotopic (exact) mass is 624 g/mol. The third-order valence-corrected chi connectivity index (χ3v) is 9.28. The summed E-state index contributed by atoms with van der Waals surface area (Å²) in [6, 6.07) is 5.95. The van der Waals surface area contributed by atoms with Crippen LogP contribution in [0.5, 0.6) is 5.75 Å². The maximum atomic E-state index is 13.2. The second kappa shape index (κ2) is 12.6. The molecule has 0 fully saturated rings. The lowest BCUT2D eigenvalue weighted by atomic mass is 10.1. The van der Waals surface area contributed by atoms with Crippen molar-refractivity contribution in [2.24, 2.45) is 0 Å². The fraction of sp³-hybridized carbons (Fsp3) is 0.227. The highest BCUT2D eigenvalue weighted by Crippen LogP contribution is 2.38. The predicted octanol–water partition coefficient (Wildman–Crippen LogP) is 5.62. The number of halogens is 4. The van der Waals surface area contributed by atoms with Gasteiger partial charge in [0.2, 0.25) is 10.0 Å². The number of amides is 2. The van der Waals surface area contributed by atoms with Crippen LogP contribution in [0.25, 0.3) is 0 Å². The minimum Gasteiger partial charge on any atom is -0.493 e. The SMILES string of the molecule is COc1c(Cl)ccc(C(=O)Nc2ccc(Cl)cn2)c1NC(=O)c1scc(CN(C)S(=O)(=O)CCCl)c1Cl. The number of thiophene rings is 1. The summed E-state index contributed by atoms with van der Waals surface area (Å²) in [5.41, 5.74) is 0.493. The Labute approximate surface area is 237 Å². The predicted molar refractivity (Wildman–Crippen MR) is 148 cm³/mol. The third-order valence-electron chi connectivity index (χ3n) is 4.98. The van der Waals surface area contributed by atoms with Gasteiger partial charge in [0.05, 0.1) is 39.2 Å². The van der Waals surface area contributed by atoms with Crippen molar-refractivity contribution in [3.8, 4) is 5.75 Å². The van der Waals surface area contributed by atoms with Crippen LogP contribution < -0.4 is 15.4 Å². The van der Waals surface area contributed by atoms with Gasteiger partial charge in [-0.2, -0.15) is 0 Å². The number of aromatic nitrogens is 1. The molecule has 0 saturated heterocycles. The van der Waals surface area contributed by atoms with Crippen LogP contribution in [0.3, 0.4) is 0 Å². The molecule has 0 spiro atoms. The molecule has 2 aromatic heterocycles. The number of methoxy groups -OCH3 is 1. The fourth-order valence-electron chi connectivity index (χ4n) is 3.10. The van der Waals surface area contributed by atoms with Gasteiger partial charge in [0.1, 0.15) is 10.7 Å². The number of benzene rings is 1. The lowest BCUT2D eigenvalue weighted by Gasteiger charge is -2.17. The van der Waals surface area contributed by atoms with Gasteiger partial charge in [-0.1, -0.05) is 34.8 Å². The van der Waals surface area contributed by atoms with Gasteiger partial charge in [-0.3, -0.25) is 9.59 Å². The van der Waals surface area contributed by atoms with Crippen LogP contribution in [-0.4, -0.2) is 55.3 Å². The molecule has 0 aliphatic carbocycles. The van der Waals surface area contributed by atoms with Crippen LogP contribution in [0.15, 0.2) is 35.8 Å². The Bertz CT molecular complexity index is 1420. The van der Waals surface area contributed by atoms with Crippen molar-refractivity contribution < 1.29 is 22.7 Å². The summed E-state index contributed by atoms with van der Waals surface area (Å²) in [5.74, 6) is -1.23. The average Bonchev–Trinajstić information content (AvgIpc) is 3.20. The minimum absolute atomic E-state index is 0.0132. The van der Waals surface area contributed by atoms with Gasteiger partial charge in [-0.25, -0.2) is 17.7 Å². The maximum absolute atomic E-state index is 13.2. The number of hydrogen-bond donors (Lipinski definition) is 2. The van der Waals surface area contributed by atoms with Crippen LogP contribution in [0.4, 0.5) is 11.5 Å². The van der Waals surface area contributed by atoms with Crippen molar-refractivity contribution in [3.63, 3.8) is 0 Å². The summed E-state index contributed by atoms with van der Waals surface area (Å²) < 4.78 is 30.9. The van der Waals surface area contributed by atoms with Crippen molar-refractivity contribution in [2.45, 2.75) is 6.54 Å². The smallest absolute Gasteiger partial charge is 0.267 e. The van der Waals surface area contributed by atoms with Crippen LogP contribution in [0.1, 0.15) is 25.6 Å². The first-order valence-electron chi connectivity index (χ1n) is 10.3. The Balaban J connectivity index is 1.89. The van der Waals surface area contributed by atoms with Crippen molar-refractivity contribution in [2.75, 3.05) is 36.4 Å². The summed E-state index contributed by atoms with van der Waals surface area (Å²) in [4.78, 5) is 30.4.